The van der Waals surface area contributed by atoms with E-state index in [1.165, 1.54) is 6.92 Å². The summed E-state index contributed by atoms with van der Waals surface area (Å²) in [5, 5.41) is 2.07. The summed E-state index contributed by atoms with van der Waals surface area (Å²) in [6.07, 6.45) is -0.714. The van der Waals surface area contributed by atoms with Crippen molar-refractivity contribution in [2.45, 2.75) is 19.5 Å². The van der Waals surface area contributed by atoms with Crippen LogP contribution in [-0.4, -0.2) is 18.7 Å². The zero-order valence-electron chi connectivity index (χ0n) is 10.2. The number of ether oxygens (including phenoxy) is 1. The lowest BCUT2D eigenvalue weighted by atomic mass is 10.1. The van der Waals surface area contributed by atoms with Gasteiger partial charge in [-0.25, -0.2) is 9.18 Å². The molecule has 0 spiro atoms. The van der Waals surface area contributed by atoms with E-state index >= 15 is 0 Å². The normalized spacial score (nSPS) is 12.3. The molecule has 2 nitrogen and oxygen atoms in total. The fourth-order valence-electron chi connectivity index (χ4n) is 1.71. The number of carbonyl (C=O) groups is 1. The number of carbonyl (C=O) groups excluding carboxylic acids is 1. The molecule has 0 aliphatic heterocycles. The predicted octanol–water partition coefficient (Wildman–Crippen LogP) is 3.74. The van der Waals surface area contributed by atoms with Gasteiger partial charge in [0.15, 0.2) is 0 Å². The van der Waals surface area contributed by atoms with Gasteiger partial charge in [0, 0.05) is 6.42 Å². The lowest BCUT2D eigenvalue weighted by Gasteiger charge is -2.06. The molecule has 0 aliphatic rings. The summed E-state index contributed by atoms with van der Waals surface area (Å²) in [4.78, 5) is 11.7. The molecular formula is C15H15FO2. The summed E-state index contributed by atoms with van der Waals surface area (Å²) in [7, 11) is 0. The Morgan fingerprint density at radius 2 is 1.94 bits per heavy atom. The smallest absolute Gasteiger partial charge is 0.338 e. The summed E-state index contributed by atoms with van der Waals surface area (Å²) < 4.78 is 17.6. The molecule has 0 aromatic heterocycles. The van der Waals surface area contributed by atoms with Crippen molar-refractivity contribution in [3.8, 4) is 0 Å². The third-order valence-corrected chi connectivity index (χ3v) is 2.73. The van der Waals surface area contributed by atoms with E-state index in [4.69, 9.17) is 4.74 Å². The molecule has 0 amide bonds. The molecule has 2 aromatic carbocycles. The monoisotopic (exact) mass is 246 g/mol. The second kappa shape index (κ2) is 5.63. The van der Waals surface area contributed by atoms with Gasteiger partial charge in [-0.05, 0) is 29.8 Å². The molecule has 0 heterocycles. The van der Waals surface area contributed by atoms with Crippen molar-refractivity contribution in [3.05, 3.63) is 48.0 Å². The van der Waals surface area contributed by atoms with Crippen LogP contribution in [-0.2, 0) is 4.74 Å². The molecule has 0 aliphatic carbocycles. The molecule has 0 saturated carbocycles. The highest BCUT2D eigenvalue weighted by Gasteiger charge is 2.08. The summed E-state index contributed by atoms with van der Waals surface area (Å²) >= 11 is 0. The maximum absolute atomic E-state index is 12.6. The first-order valence-corrected chi connectivity index (χ1v) is 5.97. The van der Waals surface area contributed by atoms with Crippen LogP contribution in [0.5, 0.6) is 0 Å². The standard InChI is InChI=1S/C15H15FO2/c1-11(16)8-9-18-15(17)14-7-6-12-4-2-3-5-13(12)10-14/h2-7,10-11H,8-9H2,1H3. The van der Waals surface area contributed by atoms with E-state index < -0.39 is 12.1 Å². The van der Waals surface area contributed by atoms with Gasteiger partial charge in [0.1, 0.15) is 6.17 Å². The van der Waals surface area contributed by atoms with Gasteiger partial charge in [0.2, 0.25) is 0 Å². The lowest BCUT2D eigenvalue weighted by molar-refractivity contribution is 0.0478. The Balaban J connectivity index is 2.08. The highest BCUT2D eigenvalue weighted by Crippen LogP contribution is 2.16. The fourth-order valence-corrected chi connectivity index (χ4v) is 1.71. The van der Waals surface area contributed by atoms with Crippen LogP contribution in [0.3, 0.4) is 0 Å². The minimum atomic E-state index is -0.950. The van der Waals surface area contributed by atoms with Crippen molar-refractivity contribution in [3.63, 3.8) is 0 Å². The average Bonchev–Trinajstić information content (AvgIpc) is 2.37. The third-order valence-electron chi connectivity index (χ3n) is 2.73. The minimum Gasteiger partial charge on any atom is -0.462 e. The van der Waals surface area contributed by atoms with E-state index in [0.29, 0.717) is 5.56 Å². The first-order valence-electron chi connectivity index (χ1n) is 5.97. The summed E-state index contributed by atoms with van der Waals surface area (Å²) in [6, 6.07) is 13.2. The number of esters is 1. The molecule has 1 unspecified atom stereocenters. The first kappa shape index (κ1) is 12.6. The van der Waals surface area contributed by atoms with Crippen molar-refractivity contribution < 1.29 is 13.9 Å². The molecule has 2 aromatic rings. The Morgan fingerprint density at radius 3 is 2.67 bits per heavy atom. The van der Waals surface area contributed by atoms with E-state index in [1.807, 2.05) is 30.3 Å². The van der Waals surface area contributed by atoms with Gasteiger partial charge in [-0.15, -0.1) is 0 Å². The van der Waals surface area contributed by atoms with E-state index in [2.05, 4.69) is 0 Å². The number of halogens is 1. The van der Waals surface area contributed by atoms with Crippen LogP contribution in [0.4, 0.5) is 4.39 Å². The summed E-state index contributed by atoms with van der Waals surface area (Å²) in [6.45, 7) is 1.56. The van der Waals surface area contributed by atoms with Crippen molar-refractivity contribution >= 4 is 16.7 Å². The van der Waals surface area contributed by atoms with Gasteiger partial charge in [-0.3, -0.25) is 0 Å². The van der Waals surface area contributed by atoms with Crippen molar-refractivity contribution in [2.24, 2.45) is 0 Å². The number of benzene rings is 2. The molecule has 3 heteroatoms. The molecule has 0 bridgehead atoms. The van der Waals surface area contributed by atoms with Crippen LogP contribution >= 0.6 is 0 Å². The van der Waals surface area contributed by atoms with Crippen molar-refractivity contribution in [1.82, 2.24) is 0 Å². The van der Waals surface area contributed by atoms with Gasteiger partial charge in [-0.1, -0.05) is 30.3 Å². The highest BCUT2D eigenvalue weighted by molar-refractivity contribution is 5.95. The van der Waals surface area contributed by atoms with E-state index in [9.17, 15) is 9.18 Å². The van der Waals surface area contributed by atoms with Gasteiger partial charge in [0.25, 0.3) is 0 Å². The Labute approximate surface area is 105 Å². The highest BCUT2D eigenvalue weighted by atomic mass is 19.1. The number of rotatable bonds is 4. The fraction of sp³-hybridized carbons (Fsp3) is 0.267. The van der Waals surface area contributed by atoms with Crippen LogP contribution in [0.2, 0.25) is 0 Å². The Bertz CT molecular complexity index is 549. The van der Waals surface area contributed by atoms with Gasteiger partial charge >= 0.3 is 5.97 Å². The van der Waals surface area contributed by atoms with Gasteiger partial charge < -0.3 is 4.74 Å². The van der Waals surface area contributed by atoms with Crippen LogP contribution in [0, 0.1) is 0 Å². The molecule has 18 heavy (non-hydrogen) atoms. The maximum atomic E-state index is 12.6. The quantitative estimate of drug-likeness (QED) is 0.768. The second-order valence-electron chi connectivity index (χ2n) is 4.27. The predicted molar refractivity (Wildman–Crippen MR) is 69.4 cm³/mol. The first-order chi connectivity index (χ1) is 8.66. The molecule has 0 fully saturated rings. The van der Waals surface area contributed by atoms with E-state index in [1.54, 1.807) is 12.1 Å². The molecule has 2 rings (SSSR count). The number of hydrogen-bond acceptors (Lipinski definition) is 2. The molecule has 0 saturated heterocycles. The molecule has 1 atom stereocenters. The molecule has 0 radical (unpaired) electrons. The van der Waals surface area contributed by atoms with Gasteiger partial charge in [0.05, 0.1) is 12.2 Å². The number of fused-ring (bicyclic) bond motifs is 1. The number of hydrogen-bond donors (Lipinski definition) is 0. The van der Waals surface area contributed by atoms with E-state index in [-0.39, 0.29) is 13.0 Å². The number of alkyl halides is 1. The molecule has 0 N–H and O–H groups in total. The summed E-state index contributed by atoms with van der Waals surface area (Å²) in [5.41, 5.74) is 0.500. The van der Waals surface area contributed by atoms with Crippen LogP contribution in [0.1, 0.15) is 23.7 Å². The Kier molecular flexibility index (Phi) is 3.92. The van der Waals surface area contributed by atoms with Crippen LogP contribution in [0.25, 0.3) is 10.8 Å². The minimum absolute atomic E-state index is 0.114. The summed E-state index contributed by atoms with van der Waals surface area (Å²) in [5.74, 6) is -0.401. The van der Waals surface area contributed by atoms with Crippen molar-refractivity contribution in [1.29, 1.82) is 0 Å². The van der Waals surface area contributed by atoms with Crippen LogP contribution < -0.4 is 0 Å². The lowest BCUT2D eigenvalue weighted by Crippen LogP contribution is -2.09. The molecular weight excluding hydrogens is 231 g/mol. The molecule has 94 valence electrons. The maximum Gasteiger partial charge on any atom is 0.338 e. The Hall–Kier alpha value is -1.90. The van der Waals surface area contributed by atoms with Crippen LogP contribution in [0.15, 0.2) is 42.5 Å². The Morgan fingerprint density at radius 1 is 1.22 bits per heavy atom. The largest absolute Gasteiger partial charge is 0.462 e. The second-order valence-corrected chi connectivity index (χ2v) is 4.27. The van der Waals surface area contributed by atoms with Crippen molar-refractivity contribution in [2.75, 3.05) is 6.61 Å². The third kappa shape index (κ3) is 3.06. The van der Waals surface area contributed by atoms with E-state index in [0.717, 1.165) is 10.8 Å². The zero-order chi connectivity index (χ0) is 13.0. The van der Waals surface area contributed by atoms with Gasteiger partial charge in [-0.2, -0.15) is 0 Å². The zero-order valence-corrected chi connectivity index (χ0v) is 10.2. The average molecular weight is 246 g/mol. The SMILES string of the molecule is CC(F)CCOC(=O)c1ccc2ccccc2c1. The topological polar surface area (TPSA) is 26.3 Å².